The SMILES string of the molecule is CCNc1nc(NCCCO)nc(N2CCCC2)n1. The molecule has 7 nitrogen and oxygen atoms in total. The lowest BCUT2D eigenvalue weighted by Crippen LogP contribution is -2.22. The number of hydrogen-bond acceptors (Lipinski definition) is 7. The van der Waals surface area contributed by atoms with Crippen molar-refractivity contribution in [1.82, 2.24) is 15.0 Å². The second-order valence-electron chi connectivity index (χ2n) is 4.51. The first-order valence-corrected chi connectivity index (χ1v) is 6.93. The van der Waals surface area contributed by atoms with Gasteiger partial charge < -0.3 is 20.6 Å². The molecule has 0 aromatic carbocycles. The maximum absolute atomic E-state index is 8.80. The summed E-state index contributed by atoms with van der Waals surface area (Å²) in [5.41, 5.74) is 0. The molecule has 2 rings (SSSR count). The lowest BCUT2D eigenvalue weighted by molar-refractivity contribution is 0.292. The van der Waals surface area contributed by atoms with E-state index in [0.717, 1.165) is 25.6 Å². The van der Waals surface area contributed by atoms with Gasteiger partial charge in [-0.3, -0.25) is 0 Å². The molecular formula is C12H22N6O. The minimum absolute atomic E-state index is 0.164. The van der Waals surface area contributed by atoms with Crippen LogP contribution in [-0.2, 0) is 0 Å². The highest BCUT2D eigenvalue weighted by atomic mass is 16.3. The van der Waals surface area contributed by atoms with E-state index in [9.17, 15) is 0 Å². The Balaban J connectivity index is 2.11. The predicted molar refractivity (Wildman–Crippen MR) is 75.6 cm³/mol. The van der Waals surface area contributed by atoms with Crippen LogP contribution in [0.2, 0.25) is 0 Å². The number of rotatable bonds is 7. The molecule has 19 heavy (non-hydrogen) atoms. The minimum Gasteiger partial charge on any atom is -0.396 e. The van der Waals surface area contributed by atoms with Crippen LogP contribution in [0.1, 0.15) is 26.2 Å². The van der Waals surface area contributed by atoms with E-state index in [0.29, 0.717) is 24.9 Å². The Morgan fingerprint density at radius 2 is 1.79 bits per heavy atom. The molecule has 0 amide bonds. The first-order chi connectivity index (χ1) is 9.33. The number of aliphatic hydroxyl groups excluding tert-OH is 1. The maximum Gasteiger partial charge on any atom is 0.231 e. The van der Waals surface area contributed by atoms with Crippen LogP contribution in [-0.4, -0.2) is 52.8 Å². The molecule has 0 saturated carbocycles. The van der Waals surface area contributed by atoms with Crippen LogP contribution >= 0.6 is 0 Å². The van der Waals surface area contributed by atoms with E-state index in [1.807, 2.05) is 6.92 Å². The van der Waals surface area contributed by atoms with Crippen molar-refractivity contribution in [2.24, 2.45) is 0 Å². The number of nitrogens with zero attached hydrogens (tertiary/aromatic N) is 4. The van der Waals surface area contributed by atoms with E-state index >= 15 is 0 Å². The molecule has 1 saturated heterocycles. The molecule has 106 valence electrons. The third-order valence-corrected chi connectivity index (χ3v) is 2.97. The quantitative estimate of drug-likeness (QED) is 0.626. The molecule has 0 radical (unpaired) electrons. The Morgan fingerprint density at radius 3 is 2.42 bits per heavy atom. The summed E-state index contributed by atoms with van der Waals surface area (Å²) in [5, 5.41) is 15.0. The zero-order valence-corrected chi connectivity index (χ0v) is 11.4. The van der Waals surface area contributed by atoms with Crippen LogP contribution in [0.5, 0.6) is 0 Å². The first-order valence-electron chi connectivity index (χ1n) is 6.93. The number of nitrogens with one attached hydrogen (secondary N) is 2. The molecule has 0 atom stereocenters. The molecule has 0 aliphatic carbocycles. The van der Waals surface area contributed by atoms with Crippen molar-refractivity contribution in [3.8, 4) is 0 Å². The van der Waals surface area contributed by atoms with Crippen molar-refractivity contribution in [1.29, 1.82) is 0 Å². The van der Waals surface area contributed by atoms with Crippen LogP contribution in [0.25, 0.3) is 0 Å². The van der Waals surface area contributed by atoms with Gasteiger partial charge in [0.25, 0.3) is 0 Å². The van der Waals surface area contributed by atoms with Crippen molar-refractivity contribution in [2.45, 2.75) is 26.2 Å². The van der Waals surface area contributed by atoms with Crippen molar-refractivity contribution >= 4 is 17.8 Å². The topological polar surface area (TPSA) is 86.2 Å². The zero-order valence-electron chi connectivity index (χ0n) is 11.4. The Bertz CT molecular complexity index is 394. The summed E-state index contributed by atoms with van der Waals surface area (Å²) in [6.45, 7) is 5.62. The third-order valence-electron chi connectivity index (χ3n) is 2.97. The normalized spacial score (nSPS) is 14.7. The van der Waals surface area contributed by atoms with E-state index in [1.165, 1.54) is 12.8 Å². The average molecular weight is 266 g/mol. The highest BCUT2D eigenvalue weighted by molar-refractivity contribution is 5.44. The van der Waals surface area contributed by atoms with Gasteiger partial charge in [-0.1, -0.05) is 0 Å². The van der Waals surface area contributed by atoms with Gasteiger partial charge in [0, 0.05) is 32.8 Å². The van der Waals surface area contributed by atoms with Gasteiger partial charge in [0.1, 0.15) is 0 Å². The Hall–Kier alpha value is -1.63. The summed E-state index contributed by atoms with van der Waals surface area (Å²) < 4.78 is 0. The molecule has 2 heterocycles. The van der Waals surface area contributed by atoms with E-state index in [4.69, 9.17) is 5.11 Å². The molecule has 1 aromatic heterocycles. The van der Waals surface area contributed by atoms with Gasteiger partial charge in [-0.25, -0.2) is 0 Å². The number of hydrogen-bond donors (Lipinski definition) is 3. The average Bonchev–Trinajstić information content (AvgIpc) is 2.93. The summed E-state index contributed by atoms with van der Waals surface area (Å²) in [7, 11) is 0. The fourth-order valence-corrected chi connectivity index (χ4v) is 2.02. The van der Waals surface area contributed by atoms with Crippen molar-refractivity contribution in [2.75, 3.05) is 48.3 Å². The molecule has 7 heteroatoms. The van der Waals surface area contributed by atoms with Gasteiger partial charge in [-0.2, -0.15) is 15.0 Å². The summed E-state index contributed by atoms with van der Waals surface area (Å²) in [4.78, 5) is 15.4. The van der Waals surface area contributed by atoms with E-state index in [-0.39, 0.29) is 6.61 Å². The number of aromatic nitrogens is 3. The fraction of sp³-hybridized carbons (Fsp3) is 0.750. The van der Waals surface area contributed by atoms with Crippen LogP contribution in [0.15, 0.2) is 0 Å². The highest BCUT2D eigenvalue weighted by Crippen LogP contribution is 2.18. The Morgan fingerprint density at radius 1 is 1.11 bits per heavy atom. The van der Waals surface area contributed by atoms with Gasteiger partial charge in [0.05, 0.1) is 0 Å². The monoisotopic (exact) mass is 266 g/mol. The molecule has 0 spiro atoms. The van der Waals surface area contributed by atoms with Crippen molar-refractivity contribution in [3.05, 3.63) is 0 Å². The van der Waals surface area contributed by atoms with Crippen LogP contribution < -0.4 is 15.5 Å². The summed E-state index contributed by atoms with van der Waals surface area (Å²) >= 11 is 0. The first kappa shape index (κ1) is 13.8. The van der Waals surface area contributed by atoms with Crippen LogP contribution in [0.4, 0.5) is 17.8 Å². The molecule has 1 fully saturated rings. The Kier molecular flexibility index (Phi) is 5.14. The zero-order chi connectivity index (χ0) is 13.5. The van der Waals surface area contributed by atoms with Crippen LogP contribution in [0, 0.1) is 0 Å². The highest BCUT2D eigenvalue weighted by Gasteiger charge is 2.17. The van der Waals surface area contributed by atoms with Crippen molar-refractivity contribution in [3.63, 3.8) is 0 Å². The number of anilines is 3. The second kappa shape index (κ2) is 7.08. The molecule has 3 N–H and O–H groups in total. The summed E-state index contributed by atoms with van der Waals surface area (Å²) in [5.74, 6) is 1.90. The Labute approximate surface area is 113 Å². The van der Waals surface area contributed by atoms with Gasteiger partial charge in [0.15, 0.2) is 0 Å². The molecule has 1 aliphatic rings. The van der Waals surface area contributed by atoms with Crippen LogP contribution in [0.3, 0.4) is 0 Å². The largest absolute Gasteiger partial charge is 0.396 e. The summed E-state index contributed by atoms with van der Waals surface area (Å²) in [6.07, 6.45) is 3.06. The molecular weight excluding hydrogens is 244 g/mol. The van der Waals surface area contributed by atoms with Gasteiger partial charge in [-0.05, 0) is 26.2 Å². The van der Waals surface area contributed by atoms with E-state index < -0.39 is 0 Å². The second-order valence-corrected chi connectivity index (χ2v) is 4.51. The standard InChI is InChI=1S/C12H22N6O/c1-2-13-10-15-11(14-6-5-9-19)17-12(16-10)18-7-3-4-8-18/h19H,2-9H2,1H3,(H2,13,14,15,16,17). The van der Waals surface area contributed by atoms with E-state index in [1.54, 1.807) is 0 Å². The van der Waals surface area contributed by atoms with Gasteiger partial charge in [-0.15, -0.1) is 0 Å². The third kappa shape index (κ3) is 3.92. The molecule has 1 aliphatic heterocycles. The predicted octanol–water partition coefficient (Wildman–Crippen LogP) is 0.698. The molecule has 0 unspecified atom stereocenters. The molecule has 1 aromatic rings. The maximum atomic E-state index is 8.80. The number of aliphatic hydroxyl groups is 1. The summed E-state index contributed by atoms with van der Waals surface area (Å²) in [6, 6.07) is 0. The molecule has 0 bridgehead atoms. The van der Waals surface area contributed by atoms with Crippen molar-refractivity contribution < 1.29 is 5.11 Å². The lowest BCUT2D eigenvalue weighted by atomic mass is 10.4. The van der Waals surface area contributed by atoms with E-state index in [2.05, 4.69) is 30.5 Å². The lowest BCUT2D eigenvalue weighted by Gasteiger charge is -2.17. The smallest absolute Gasteiger partial charge is 0.231 e. The fourth-order valence-electron chi connectivity index (χ4n) is 2.02. The van der Waals surface area contributed by atoms with Gasteiger partial charge >= 0.3 is 0 Å². The van der Waals surface area contributed by atoms with Gasteiger partial charge in [0.2, 0.25) is 17.8 Å². The minimum atomic E-state index is 0.164.